The van der Waals surface area contributed by atoms with Gasteiger partial charge in [0, 0.05) is 12.1 Å². The molecule has 0 N–H and O–H groups in total. The molecule has 1 unspecified atom stereocenters. The van der Waals surface area contributed by atoms with Gasteiger partial charge in [0.05, 0.1) is 40.5 Å². The lowest BCUT2D eigenvalue weighted by Crippen LogP contribution is -2.39. The predicted octanol–water partition coefficient (Wildman–Crippen LogP) is 4.29. The summed E-state index contributed by atoms with van der Waals surface area (Å²) in [6, 6.07) is 20.1. The number of rotatable bonds is 9. The summed E-state index contributed by atoms with van der Waals surface area (Å²) in [7, 11) is 1.52. The van der Waals surface area contributed by atoms with E-state index in [2.05, 4.69) is 4.99 Å². The predicted molar refractivity (Wildman–Crippen MR) is 157 cm³/mol. The molecule has 3 aromatic carbocycles. The van der Waals surface area contributed by atoms with Gasteiger partial charge in [-0.3, -0.25) is 19.5 Å². The number of nitro benzene ring substituents is 1. The van der Waals surface area contributed by atoms with E-state index in [-0.39, 0.29) is 24.5 Å². The normalized spacial score (nSPS) is 14.6. The average molecular weight is 586 g/mol. The van der Waals surface area contributed by atoms with Crippen molar-refractivity contribution in [1.29, 1.82) is 0 Å². The zero-order valence-corrected chi connectivity index (χ0v) is 23.9. The average Bonchev–Trinajstić information content (AvgIpc) is 3.30. The van der Waals surface area contributed by atoms with Crippen molar-refractivity contribution < 1.29 is 23.9 Å². The first-order valence-electron chi connectivity index (χ1n) is 13.1. The Morgan fingerprint density at radius 1 is 1.10 bits per heavy atom. The number of fused-ring (bicyclic) bond motifs is 1. The van der Waals surface area contributed by atoms with Gasteiger partial charge in [-0.05, 0) is 60.9 Å². The quantitative estimate of drug-likeness (QED) is 0.163. The number of carbonyl (C=O) groups excluding carboxylic acids is 1. The van der Waals surface area contributed by atoms with Gasteiger partial charge in [-0.1, -0.05) is 47.7 Å². The summed E-state index contributed by atoms with van der Waals surface area (Å²) < 4.78 is 18.8. The van der Waals surface area contributed by atoms with E-state index in [1.54, 1.807) is 54.8 Å². The molecule has 1 atom stereocenters. The monoisotopic (exact) mass is 585 g/mol. The summed E-state index contributed by atoms with van der Waals surface area (Å²) in [6.45, 7) is 3.88. The molecule has 10 nitrogen and oxygen atoms in total. The Bertz CT molecular complexity index is 1860. The second-order valence-corrected chi connectivity index (χ2v) is 10.3. The molecule has 0 bridgehead atoms. The number of benzene rings is 3. The molecule has 0 amide bonds. The van der Waals surface area contributed by atoms with Gasteiger partial charge in [0.15, 0.2) is 16.3 Å². The van der Waals surface area contributed by atoms with Crippen LogP contribution in [0.3, 0.4) is 0 Å². The molecule has 4 aromatic rings. The maximum absolute atomic E-state index is 13.8. The van der Waals surface area contributed by atoms with Crippen molar-refractivity contribution in [2.45, 2.75) is 26.5 Å². The summed E-state index contributed by atoms with van der Waals surface area (Å²) in [6.07, 6.45) is 1.75. The highest BCUT2D eigenvalue weighted by atomic mass is 32.1. The Kier molecular flexibility index (Phi) is 8.30. The van der Waals surface area contributed by atoms with Crippen molar-refractivity contribution in [3.63, 3.8) is 0 Å². The van der Waals surface area contributed by atoms with Crippen molar-refractivity contribution in [3.05, 3.63) is 131 Å². The van der Waals surface area contributed by atoms with Crippen LogP contribution in [-0.4, -0.2) is 29.2 Å². The molecule has 1 aromatic heterocycles. The Morgan fingerprint density at radius 2 is 1.83 bits per heavy atom. The molecule has 0 fully saturated rings. The van der Waals surface area contributed by atoms with E-state index in [0.717, 1.165) is 11.1 Å². The molecular weight excluding hydrogens is 558 g/mol. The molecule has 214 valence electrons. The number of hydrogen-bond acceptors (Lipinski definition) is 9. The van der Waals surface area contributed by atoms with Crippen molar-refractivity contribution >= 4 is 29.1 Å². The summed E-state index contributed by atoms with van der Waals surface area (Å²) >= 11 is 1.24. The molecule has 2 heterocycles. The second kappa shape index (κ2) is 12.2. The first kappa shape index (κ1) is 28.5. The molecule has 5 rings (SSSR count). The smallest absolute Gasteiger partial charge is 0.338 e. The number of nitro groups is 1. The topological polar surface area (TPSA) is 122 Å². The second-order valence-electron chi connectivity index (χ2n) is 9.34. The SMILES string of the molecule is CCOC(=O)C1=C(C)N=c2s/c(=C/c3ccc(OCc4ccc([N+](=O)[O-])cc4)c(OC)c3)c(=O)n2C1c1ccccc1. The van der Waals surface area contributed by atoms with Gasteiger partial charge in [-0.2, -0.15) is 0 Å². The molecule has 1 aliphatic rings. The largest absolute Gasteiger partial charge is 0.493 e. The third-order valence-corrected chi connectivity index (χ3v) is 7.64. The Labute approximate surface area is 244 Å². The number of methoxy groups -OCH3 is 1. The minimum Gasteiger partial charge on any atom is -0.493 e. The van der Waals surface area contributed by atoms with Gasteiger partial charge in [0.1, 0.15) is 6.61 Å². The minimum absolute atomic E-state index is 0.00771. The highest BCUT2D eigenvalue weighted by molar-refractivity contribution is 7.07. The van der Waals surface area contributed by atoms with E-state index >= 15 is 0 Å². The van der Waals surface area contributed by atoms with Gasteiger partial charge in [-0.15, -0.1) is 0 Å². The molecule has 0 radical (unpaired) electrons. The number of non-ortho nitro benzene ring substituents is 1. The zero-order valence-electron chi connectivity index (χ0n) is 23.1. The zero-order chi connectivity index (χ0) is 29.8. The summed E-state index contributed by atoms with van der Waals surface area (Å²) in [5.74, 6) is 0.435. The number of aromatic nitrogens is 1. The van der Waals surface area contributed by atoms with Crippen molar-refractivity contribution in [2.24, 2.45) is 4.99 Å². The van der Waals surface area contributed by atoms with Crippen LogP contribution in [0.2, 0.25) is 0 Å². The Balaban J connectivity index is 1.49. The maximum Gasteiger partial charge on any atom is 0.338 e. The van der Waals surface area contributed by atoms with E-state index in [4.69, 9.17) is 14.2 Å². The van der Waals surface area contributed by atoms with Crippen LogP contribution in [0.15, 0.2) is 93.9 Å². The fraction of sp³-hybridized carbons (Fsp3) is 0.194. The van der Waals surface area contributed by atoms with E-state index in [1.807, 2.05) is 30.3 Å². The minimum atomic E-state index is -0.673. The first-order valence-corrected chi connectivity index (χ1v) is 13.9. The molecule has 11 heteroatoms. The number of carbonyl (C=O) groups is 1. The van der Waals surface area contributed by atoms with E-state index in [1.165, 1.54) is 30.6 Å². The summed E-state index contributed by atoms with van der Waals surface area (Å²) in [5.41, 5.74) is 2.81. The van der Waals surface area contributed by atoms with E-state index < -0.39 is 16.9 Å². The molecule has 0 spiro atoms. The molecule has 0 aliphatic carbocycles. The highest BCUT2D eigenvalue weighted by Crippen LogP contribution is 2.31. The molecule has 0 saturated carbocycles. The van der Waals surface area contributed by atoms with E-state index in [9.17, 15) is 19.7 Å². The van der Waals surface area contributed by atoms with Gasteiger partial charge in [-0.25, -0.2) is 9.79 Å². The maximum atomic E-state index is 13.8. The van der Waals surface area contributed by atoms with Crippen LogP contribution in [-0.2, 0) is 16.1 Å². The van der Waals surface area contributed by atoms with Crippen LogP contribution < -0.4 is 24.4 Å². The van der Waals surface area contributed by atoms with Gasteiger partial charge >= 0.3 is 5.97 Å². The fourth-order valence-corrected chi connectivity index (χ4v) is 5.71. The first-order chi connectivity index (χ1) is 20.3. The third kappa shape index (κ3) is 5.72. The van der Waals surface area contributed by atoms with Crippen LogP contribution in [0.5, 0.6) is 11.5 Å². The fourth-order valence-electron chi connectivity index (χ4n) is 4.66. The van der Waals surface area contributed by atoms with Crippen molar-refractivity contribution in [1.82, 2.24) is 4.57 Å². The van der Waals surface area contributed by atoms with Gasteiger partial charge in [0.25, 0.3) is 11.2 Å². The van der Waals surface area contributed by atoms with Crippen molar-refractivity contribution in [3.8, 4) is 11.5 Å². The summed E-state index contributed by atoms with van der Waals surface area (Å²) in [5, 5.41) is 10.9. The van der Waals surface area contributed by atoms with Gasteiger partial charge in [0.2, 0.25) is 0 Å². The van der Waals surface area contributed by atoms with E-state index in [0.29, 0.717) is 37.7 Å². The number of nitrogens with zero attached hydrogens (tertiary/aromatic N) is 3. The summed E-state index contributed by atoms with van der Waals surface area (Å²) in [4.78, 5) is 42.3. The van der Waals surface area contributed by atoms with Crippen LogP contribution in [0.25, 0.3) is 6.08 Å². The van der Waals surface area contributed by atoms with Gasteiger partial charge < -0.3 is 14.2 Å². The lowest BCUT2D eigenvalue weighted by atomic mass is 9.96. The number of thiazole rings is 1. The third-order valence-electron chi connectivity index (χ3n) is 6.66. The van der Waals surface area contributed by atoms with Crippen LogP contribution in [0.1, 0.15) is 36.6 Å². The Hall–Kier alpha value is -5.03. The number of hydrogen-bond donors (Lipinski definition) is 0. The molecule has 42 heavy (non-hydrogen) atoms. The number of ether oxygens (including phenoxy) is 3. The number of allylic oxidation sites excluding steroid dienone is 1. The molecule has 1 aliphatic heterocycles. The number of esters is 1. The molecular formula is C31H27N3O7S. The Morgan fingerprint density at radius 3 is 2.50 bits per heavy atom. The lowest BCUT2D eigenvalue weighted by Gasteiger charge is -2.24. The van der Waals surface area contributed by atoms with Crippen molar-refractivity contribution in [2.75, 3.05) is 13.7 Å². The lowest BCUT2D eigenvalue weighted by molar-refractivity contribution is -0.384. The molecule has 0 saturated heterocycles. The van der Waals surface area contributed by atoms with Crippen LogP contribution >= 0.6 is 11.3 Å². The highest BCUT2D eigenvalue weighted by Gasteiger charge is 2.33. The van der Waals surface area contributed by atoms with Crippen LogP contribution in [0.4, 0.5) is 5.69 Å². The standard InChI is InChI=1S/C31H27N3O7S/c1-4-40-30(36)27-19(2)32-31-33(28(27)22-8-6-5-7-9-22)29(35)26(42-31)17-21-12-15-24(25(16-21)39-3)41-18-20-10-13-23(14-11-20)34(37)38/h5-17,28H,4,18H2,1-3H3/b26-17+. The van der Waals surface area contributed by atoms with Crippen LogP contribution in [0, 0.1) is 10.1 Å².